The lowest BCUT2D eigenvalue weighted by molar-refractivity contribution is 0.0694. The van der Waals surface area contributed by atoms with E-state index < -0.39 is 11.5 Å². The Morgan fingerprint density at radius 3 is 2.79 bits per heavy atom. The average molecular weight is 195 g/mol. The zero-order valence-electron chi connectivity index (χ0n) is 8.23. The van der Waals surface area contributed by atoms with Crippen LogP contribution < -0.4 is 5.56 Å². The molecule has 0 aliphatic heterocycles. The summed E-state index contributed by atoms with van der Waals surface area (Å²) < 4.78 is 1.45. The summed E-state index contributed by atoms with van der Waals surface area (Å²) in [6, 6.07) is 2.93. The molecule has 0 amide bonds. The van der Waals surface area contributed by atoms with Crippen LogP contribution in [-0.2, 0) is 0 Å². The van der Waals surface area contributed by atoms with Gasteiger partial charge in [0.1, 0.15) is 5.56 Å². The van der Waals surface area contributed by atoms with Crippen LogP contribution in [0.5, 0.6) is 0 Å². The summed E-state index contributed by atoms with van der Waals surface area (Å²) in [5, 5.41) is 8.73. The van der Waals surface area contributed by atoms with E-state index in [9.17, 15) is 9.59 Å². The van der Waals surface area contributed by atoms with Crippen LogP contribution in [0.4, 0.5) is 0 Å². The number of rotatable bonds is 3. The van der Waals surface area contributed by atoms with Gasteiger partial charge in [-0.3, -0.25) is 4.79 Å². The van der Waals surface area contributed by atoms with E-state index in [1.165, 1.54) is 10.6 Å². The molecule has 0 saturated heterocycles. The number of hydrogen-bond acceptors (Lipinski definition) is 2. The number of pyridine rings is 1. The summed E-state index contributed by atoms with van der Waals surface area (Å²) in [4.78, 5) is 22.3. The van der Waals surface area contributed by atoms with Crippen molar-refractivity contribution in [1.29, 1.82) is 0 Å². The molecule has 1 rings (SSSR count). The SMILES string of the molecule is CCC(C)n1cccc(C(=O)O)c1=O. The van der Waals surface area contributed by atoms with Gasteiger partial charge in [-0.2, -0.15) is 0 Å². The highest BCUT2D eigenvalue weighted by molar-refractivity contribution is 5.86. The van der Waals surface area contributed by atoms with Gasteiger partial charge >= 0.3 is 5.97 Å². The zero-order chi connectivity index (χ0) is 10.7. The van der Waals surface area contributed by atoms with E-state index in [1.54, 1.807) is 12.3 Å². The van der Waals surface area contributed by atoms with Crippen LogP contribution in [0.2, 0.25) is 0 Å². The number of aromatic carboxylic acids is 1. The van der Waals surface area contributed by atoms with Gasteiger partial charge < -0.3 is 9.67 Å². The smallest absolute Gasteiger partial charge is 0.341 e. The summed E-state index contributed by atoms with van der Waals surface area (Å²) in [5.74, 6) is -1.17. The van der Waals surface area contributed by atoms with Crippen molar-refractivity contribution in [3.8, 4) is 0 Å². The molecule has 0 aromatic carbocycles. The largest absolute Gasteiger partial charge is 0.477 e. The highest BCUT2D eigenvalue weighted by Crippen LogP contribution is 2.06. The summed E-state index contributed by atoms with van der Waals surface area (Å²) in [7, 11) is 0. The van der Waals surface area contributed by atoms with Gasteiger partial charge in [0.2, 0.25) is 0 Å². The highest BCUT2D eigenvalue weighted by Gasteiger charge is 2.12. The van der Waals surface area contributed by atoms with Crippen molar-refractivity contribution in [2.75, 3.05) is 0 Å². The Hall–Kier alpha value is -1.58. The molecule has 76 valence electrons. The molecule has 0 fully saturated rings. The Balaban J connectivity index is 3.28. The van der Waals surface area contributed by atoms with Crippen molar-refractivity contribution in [2.24, 2.45) is 0 Å². The first-order valence-corrected chi connectivity index (χ1v) is 4.52. The molecule has 0 spiro atoms. The Morgan fingerprint density at radius 2 is 2.29 bits per heavy atom. The Labute approximate surface area is 81.8 Å². The fraction of sp³-hybridized carbons (Fsp3) is 0.400. The third-order valence-corrected chi connectivity index (χ3v) is 2.27. The van der Waals surface area contributed by atoms with Gasteiger partial charge in [0.25, 0.3) is 5.56 Å². The molecular weight excluding hydrogens is 182 g/mol. The predicted molar refractivity (Wildman–Crippen MR) is 52.7 cm³/mol. The number of carboxylic acid groups (broad SMARTS) is 1. The van der Waals surface area contributed by atoms with E-state index in [0.29, 0.717) is 0 Å². The van der Waals surface area contributed by atoms with E-state index in [0.717, 1.165) is 6.42 Å². The van der Waals surface area contributed by atoms with E-state index in [-0.39, 0.29) is 11.6 Å². The van der Waals surface area contributed by atoms with Crippen LogP contribution >= 0.6 is 0 Å². The monoisotopic (exact) mass is 195 g/mol. The Kier molecular flexibility index (Phi) is 3.06. The van der Waals surface area contributed by atoms with Gasteiger partial charge in [-0.15, -0.1) is 0 Å². The van der Waals surface area contributed by atoms with E-state index in [2.05, 4.69) is 0 Å². The lowest BCUT2D eigenvalue weighted by Crippen LogP contribution is -2.27. The fourth-order valence-electron chi connectivity index (χ4n) is 1.22. The molecule has 1 aromatic heterocycles. The minimum atomic E-state index is -1.17. The number of carboxylic acids is 1. The molecule has 0 aliphatic rings. The fourth-order valence-corrected chi connectivity index (χ4v) is 1.22. The van der Waals surface area contributed by atoms with Crippen LogP contribution in [0.25, 0.3) is 0 Å². The number of aromatic nitrogens is 1. The van der Waals surface area contributed by atoms with Crippen LogP contribution in [-0.4, -0.2) is 15.6 Å². The lowest BCUT2D eigenvalue weighted by atomic mass is 10.2. The number of hydrogen-bond donors (Lipinski definition) is 1. The molecule has 1 N–H and O–H groups in total. The average Bonchev–Trinajstić information content (AvgIpc) is 2.16. The standard InChI is InChI=1S/C10H13NO3/c1-3-7(2)11-6-4-5-8(9(11)12)10(13)14/h4-7H,3H2,1-2H3,(H,13,14). The molecule has 0 bridgehead atoms. The zero-order valence-corrected chi connectivity index (χ0v) is 8.23. The third-order valence-electron chi connectivity index (χ3n) is 2.27. The molecule has 1 unspecified atom stereocenters. The van der Waals surface area contributed by atoms with Gasteiger partial charge in [-0.25, -0.2) is 4.79 Å². The third kappa shape index (κ3) is 1.84. The van der Waals surface area contributed by atoms with Crippen molar-refractivity contribution in [2.45, 2.75) is 26.3 Å². The summed E-state index contributed by atoms with van der Waals surface area (Å²) >= 11 is 0. The van der Waals surface area contributed by atoms with Crippen molar-refractivity contribution in [3.05, 3.63) is 34.2 Å². The van der Waals surface area contributed by atoms with Crippen molar-refractivity contribution < 1.29 is 9.90 Å². The second-order valence-electron chi connectivity index (χ2n) is 3.20. The topological polar surface area (TPSA) is 59.3 Å². The molecule has 4 heteroatoms. The Morgan fingerprint density at radius 1 is 1.64 bits per heavy atom. The van der Waals surface area contributed by atoms with Gasteiger partial charge in [-0.05, 0) is 25.5 Å². The minimum Gasteiger partial charge on any atom is -0.477 e. The minimum absolute atomic E-state index is 0.0294. The summed E-state index contributed by atoms with van der Waals surface area (Å²) in [5.41, 5.74) is -0.609. The number of carbonyl (C=O) groups is 1. The molecule has 4 nitrogen and oxygen atoms in total. The quantitative estimate of drug-likeness (QED) is 0.795. The van der Waals surface area contributed by atoms with Gasteiger partial charge in [0, 0.05) is 12.2 Å². The van der Waals surface area contributed by atoms with Gasteiger partial charge in [0.05, 0.1) is 0 Å². The molecule has 0 aliphatic carbocycles. The van der Waals surface area contributed by atoms with E-state index >= 15 is 0 Å². The second kappa shape index (κ2) is 4.09. The van der Waals surface area contributed by atoms with Crippen LogP contribution in [0.15, 0.2) is 23.1 Å². The first-order chi connectivity index (χ1) is 6.57. The highest BCUT2D eigenvalue weighted by atomic mass is 16.4. The molecule has 1 atom stereocenters. The van der Waals surface area contributed by atoms with Crippen molar-refractivity contribution >= 4 is 5.97 Å². The molecule has 0 saturated carbocycles. The normalized spacial score (nSPS) is 12.4. The maximum Gasteiger partial charge on any atom is 0.341 e. The van der Waals surface area contributed by atoms with Crippen LogP contribution in [0, 0.1) is 0 Å². The lowest BCUT2D eigenvalue weighted by Gasteiger charge is -2.12. The molecule has 1 heterocycles. The number of nitrogens with zero attached hydrogens (tertiary/aromatic N) is 1. The van der Waals surface area contributed by atoms with E-state index in [1.807, 2.05) is 13.8 Å². The molecule has 0 radical (unpaired) electrons. The van der Waals surface area contributed by atoms with Crippen molar-refractivity contribution in [3.63, 3.8) is 0 Å². The van der Waals surface area contributed by atoms with Crippen LogP contribution in [0.1, 0.15) is 36.7 Å². The van der Waals surface area contributed by atoms with E-state index in [4.69, 9.17) is 5.11 Å². The molecule has 1 aromatic rings. The van der Waals surface area contributed by atoms with Crippen molar-refractivity contribution in [1.82, 2.24) is 4.57 Å². The maximum atomic E-state index is 11.6. The van der Waals surface area contributed by atoms with Gasteiger partial charge in [0.15, 0.2) is 0 Å². The van der Waals surface area contributed by atoms with Gasteiger partial charge in [-0.1, -0.05) is 6.92 Å². The molecule has 14 heavy (non-hydrogen) atoms. The summed E-state index contributed by atoms with van der Waals surface area (Å²) in [6.45, 7) is 3.83. The molecular formula is C10H13NO3. The predicted octanol–water partition coefficient (Wildman–Crippen LogP) is 1.52. The summed E-state index contributed by atoms with van der Waals surface area (Å²) in [6.07, 6.45) is 2.41. The first kappa shape index (κ1) is 10.5. The second-order valence-corrected chi connectivity index (χ2v) is 3.20. The maximum absolute atomic E-state index is 11.6. The Bertz CT molecular complexity index is 395. The van der Waals surface area contributed by atoms with Crippen LogP contribution in [0.3, 0.4) is 0 Å². The first-order valence-electron chi connectivity index (χ1n) is 4.52.